The van der Waals surface area contributed by atoms with E-state index in [1.807, 2.05) is 31.2 Å². The van der Waals surface area contributed by atoms with E-state index in [2.05, 4.69) is 34.8 Å². The molecule has 8 heteroatoms. The lowest BCUT2D eigenvalue weighted by Crippen LogP contribution is -2.60. The van der Waals surface area contributed by atoms with Gasteiger partial charge >= 0.3 is 5.97 Å². The molecule has 28 heavy (non-hydrogen) atoms. The van der Waals surface area contributed by atoms with E-state index in [1.54, 1.807) is 6.92 Å². The molecule has 1 aliphatic rings. The minimum absolute atomic E-state index is 0.143. The zero-order chi connectivity index (χ0) is 20.7. The van der Waals surface area contributed by atoms with Gasteiger partial charge in [-0.25, -0.2) is 4.99 Å². The maximum Gasteiger partial charge on any atom is 0.305 e. The van der Waals surface area contributed by atoms with Gasteiger partial charge in [-0.1, -0.05) is 26.0 Å². The molecule has 1 aromatic rings. The van der Waals surface area contributed by atoms with Crippen molar-refractivity contribution in [3.8, 4) is 0 Å². The van der Waals surface area contributed by atoms with Crippen molar-refractivity contribution >= 4 is 23.5 Å². The van der Waals surface area contributed by atoms with Crippen LogP contribution < -0.4 is 21.7 Å². The molecule has 0 aromatic heterocycles. The first-order chi connectivity index (χ1) is 13.3. The van der Waals surface area contributed by atoms with Gasteiger partial charge in [0.05, 0.1) is 12.5 Å². The summed E-state index contributed by atoms with van der Waals surface area (Å²) in [7, 11) is 0. The highest BCUT2D eigenvalue weighted by Gasteiger charge is 2.33. The Labute approximate surface area is 166 Å². The summed E-state index contributed by atoms with van der Waals surface area (Å²) in [6.07, 6.45) is 0.0106. The Balaban J connectivity index is 1.90. The minimum atomic E-state index is -0.621. The second kappa shape index (κ2) is 10.1. The summed E-state index contributed by atoms with van der Waals surface area (Å²) in [6.45, 7) is 8.26. The van der Waals surface area contributed by atoms with Crippen molar-refractivity contribution in [1.82, 2.24) is 10.6 Å². The van der Waals surface area contributed by atoms with Gasteiger partial charge in [0.15, 0.2) is 12.2 Å². The number of nitrogens with one attached hydrogen (secondary N) is 3. The predicted molar refractivity (Wildman–Crippen MR) is 110 cm³/mol. The van der Waals surface area contributed by atoms with Crippen LogP contribution in [0.15, 0.2) is 29.3 Å². The maximum atomic E-state index is 12.4. The number of ether oxygens (including phenoxy) is 1. The molecular formula is C20H31N5O3. The summed E-state index contributed by atoms with van der Waals surface area (Å²) in [5.41, 5.74) is 8.05. The highest BCUT2D eigenvalue weighted by Crippen LogP contribution is 2.18. The number of carbonyl (C=O) groups is 2. The van der Waals surface area contributed by atoms with E-state index in [0.29, 0.717) is 18.9 Å². The van der Waals surface area contributed by atoms with Gasteiger partial charge in [0.1, 0.15) is 0 Å². The van der Waals surface area contributed by atoms with Crippen LogP contribution >= 0.6 is 0 Å². The summed E-state index contributed by atoms with van der Waals surface area (Å²) in [6, 6.07) is 7.82. The molecule has 3 atom stereocenters. The van der Waals surface area contributed by atoms with Crippen molar-refractivity contribution in [2.75, 3.05) is 11.9 Å². The lowest BCUT2D eigenvalue weighted by Gasteiger charge is -2.33. The fourth-order valence-corrected chi connectivity index (χ4v) is 3.10. The van der Waals surface area contributed by atoms with Crippen LogP contribution in [0.1, 0.15) is 52.0 Å². The molecule has 2 rings (SSSR count). The van der Waals surface area contributed by atoms with E-state index in [1.165, 1.54) is 5.56 Å². The number of anilines is 1. The summed E-state index contributed by atoms with van der Waals surface area (Å²) < 4.78 is 4.92. The largest absolute Gasteiger partial charge is 0.466 e. The van der Waals surface area contributed by atoms with Crippen LogP contribution in [0.25, 0.3) is 0 Å². The monoisotopic (exact) mass is 389 g/mol. The first kappa shape index (κ1) is 21.7. The summed E-state index contributed by atoms with van der Waals surface area (Å²) >= 11 is 0. The number of benzene rings is 1. The quantitative estimate of drug-likeness (QED) is 0.321. The third-order valence-corrected chi connectivity index (χ3v) is 4.72. The van der Waals surface area contributed by atoms with Gasteiger partial charge in [-0.2, -0.15) is 0 Å². The van der Waals surface area contributed by atoms with Gasteiger partial charge in [-0.15, -0.1) is 0 Å². The maximum absolute atomic E-state index is 12.4. The zero-order valence-corrected chi connectivity index (χ0v) is 17.0. The number of hydrogen-bond acceptors (Lipinski definition) is 5. The van der Waals surface area contributed by atoms with Gasteiger partial charge in [0.25, 0.3) is 0 Å². The molecule has 1 aromatic carbocycles. The number of aliphatic imine (C=N–C) groups is 1. The first-order valence-corrected chi connectivity index (χ1v) is 9.72. The predicted octanol–water partition coefficient (Wildman–Crippen LogP) is 1.89. The van der Waals surface area contributed by atoms with Crippen LogP contribution in [0, 0.1) is 5.92 Å². The Morgan fingerprint density at radius 1 is 1.32 bits per heavy atom. The lowest BCUT2D eigenvalue weighted by molar-refractivity contribution is -0.143. The molecule has 1 fully saturated rings. The van der Waals surface area contributed by atoms with Crippen LogP contribution in [0.4, 0.5) is 5.69 Å². The summed E-state index contributed by atoms with van der Waals surface area (Å²) in [4.78, 5) is 28.2. The van der Waals surface area contributed by atoms with Crippen LogP contribution in [-0.4, -0.2) is 36.8 Å². The SMILES string of the molecule is CCOC(=O)CCC1C(=O)NC(/N=C(\N)Nc2ccc(C(C)C)cc2)NC1C. The fraction of sp³-hybridized carbons (Fsp3) is 0.550. The highest BCUT2D eigenvalue weighted by molar-refractivity contribution is 5.92. The van der Waals surface area contributed by atoms with Gasteiger partial charge in [0.2, 0.25) is 5.91 Å². The average Bonchev–Trinajstić information content (AvgIpc) is 2.61. The van der Waals surface area contributed by atoms with Crippen molar-refractivity contribution in [2.24, 2.45) is 16.6 Å². The third kappa shape index (κ3) is 6.23. The molecule has 5 N–H and O–H groups in total. The molecule has 0 saturated carbocycles. The molecule has 3 unspecified atom stereocenters. The Hall–Kier alpha value is -2.61. The molecule has 8 nitrogen and oxygen atoms in total. The van der Waals surface area contributed by atoms with Crippen LogP contribution in [0.3, 0.4) is 0 Å². The molecule has 0 spiro atoms. The van der Waals surface area contributed by atoms with Crippen molar-refractivity contribution < 1.29 is 14.3 Å². The Bertz CT molecular complexity index is 702. The van der Waals surface area contributed by atoms with Crippen LogP contribution in [0.2, 0.25) is 0 Å². The van der Waals surface area contributed by atoms with Gasteiger partial charge in [-0.3, -0.25) is 14.9 Å². The minimum Gasteiger partial charge on any atom is -0.466 e. The Morgan fingerprint density at radius 3 is 2.57 bits per heavy atom. The van der Waals surface area contributed by atoms with E-state index in [-0.39, 0.29) is 36.2 Å². The fourth-order valence-electron chi connectivity index (χ4n) is 3.10. The topological polar surface area (TPSA) is 118 Å². The van der Waals surface area contributed by atoms with Crippen molar-refractivity contribution in [3.63, 3.8) is 0 Å². The lowest BCUT2D eigenvalue weighted by atomic mass is 9.93. The number of nitrogens with two attached hydrogens (primary N) is 1. The molecule has 154 valence electrons. The van der Waals surface area contributed by atoms with E-state index in [0.717, 1.165) is 5.69 Å². The number of hydrogen-bond donors (Lipinski definition) is 4. The van der Waals surface area contributed by atoms with E-state index >= 15 is 0 Å². The number of carbonyl (C=O) groups excluding carboxylic acids is 2. The van der Waals surface area contributed by atoms with E-state index in [4.69, 9.17) is 10.5 Å². The molecule has 0 aliphatic carbocycles. The number of nitrogens with zero attached hydrogens (tertiary/aromatic N) is 1. The van der Waals surface area contributed by atoms with Crippen LogP contribution in [-0.2, 0) is 14.3 Å². The Kier molecular flexibility index (Phi) is 7.80. The van der Waals surface area contributed by atoms with Gasteiger partial charge in [-0.05, 0) is 43.9 Å². The van der Waals surface area contributed by atoms with E-state index < -0.39 is 6.29 Å². The molecule has 1 heterocycles. The van der Waals surface area contributed by atoms with Crippen molar-refractivity contribution in [3.05, 3.63) is 29.8 Å². The standard InChI is InChI=1S/C20H31N5O3/c1-5-28-17(26)11-10-16-13(4)22-20(24-18(16)27)25-19(21)23-15-8-6-14(7-9-15)12(2)3/h6-9,12-13,16,20,22H,5,10-11H2,1-4H3,(H,24,27)(H3,21,23,25). The van der Waals surface area contributed by atoms with Crippen molar-refractivity contribution in [1.29, 1.82) is 0 Å². The Morgan fingerprint density at radius 2 is 2.00 bits per heavy atom. The normalized spacial score (nSPS) is 22.7. The summed E-state index contributed by atoms with van der Waals surface area (Å²) in [5.74, 6) is -0.112. The molecule has 0 radical (unpaired) electrons. The molecule has 1 amide bonds. The second-order valence-corrected chi connectivity index (χ2v) is 7.23. The van der Waals surface area contributed by atoms with Gasteiger partial charge in [0, 0.05) is 18.2 Å². The number of rotatable bonds is 7. The number of amides is 1. The molecule has 1 saturated heterocycles. The highest BCUT2D eigenvalue weighted by atomic mass is 16.5. The van der Waals surface area contributed by atoms with Crippen LogP contribution in [0.5, 0.6) is 0 Å². The summed E-state index contributed by atoms with van der Waals surface area (Å²) in [5, 5.41) is 9.01. The molecule has 1 aliphatic heterocycles. The molecular weight excluding hydrogens is 358 g/mol. The smallest absolute Gasteiger partial charge is 0.305 e. The number of esters is 1. The van der Waals surface area contributed by atoms with E-state index in [9.17, 15) is 9.59 Å². The average molecular weight is 390 g/mol. The van der Waals surface area contributed by atoms with Crippen molar-refractivity contribution in [2.45, 2.75) is 58.8 Å². The number of guanidine groups is 1. The first-order valence-electron chi connectivity index (χ1n) is 9.72. The molecule has 0 bridgehead atoms. The zero-order valence-electron chi connectivity index (χ0n) is 17.0. The van der Waals surface area contributed by atoms with Gasteiger partial charge < -0.3 is 21.1 Å². The third-order valence-electron chi connectivity index (χ3n) is 4.72. The second-order valence-electron chi connectivity index (χ2n) is 7.23.